The Hall–Kier alpha value is -3.63. The number of benzene rings is 3. The zero-order valence-corrected chi connectivity index (χ0v) is 27.7. The number of likely N-dealkylation sites (tertiary alicyclic amines) is 1. The largest absolute Gasteiger partial charge is 0.489 e. The molecule has 3 aliphatic rings. The molecular formula is C38H45F4N3O3. The lowest BCUT2D eigenvalue weighted by molar-refractivity contribution is -0.138. The third kappa shape index (κ3) is 7.81. The van der Waals surface area contributed by atoms with E-state index in [9.17, 15) is 18.7 Å². The SMILES string of the molecule is C[C@@H]1Cc2cc(OCc3ccccc3)ccc2C(c2c(F)cc(N3CCCC4(CCC3)CCN(CC(=O)O)C4)cc2F)N1CC(C)(F)F. The number of halogens is 4. The molecule has 258 valence electrons. The van der Waals surface area contributed by atoms with Crippen LogP contribution in [0.15, 0.2) is 60.7 Å². The number of rotatable bonds is 9. The molecule has 48 heavy (non-hydrogen) atoms. The Bertz CT molecular complexity index is 1560. The molecule has 1 N–H and O–H groups in total. The molecule has 3 aliphatic heterocycles. The van der Waals surface area contributed by atoms with Gasteiger partial charge in [0.1, 0.15) is 24.0 Å². The fourth-order valence-electron chi connectivity index (χ4n) is 8.18. The average molecular weight is 668 g/mol. The number of carbonyl (C=O) groups is 1. The van der Waals surface area contributed by atoms with Crippen LogP contribution in [0, 0.1) is 17.0 Å². The fraction of sp³-hybridized carbons (Fsp3) is 0.500. The molecule has 3 heterocycles. The predicted molar refractivity (Wildman–Crippen MR) is 178 cm³/mol. The maximum atomic E-state index is 16.3. The van der Waals surface area contributed by atoms with Crippen molar-refractivity contribution in [3.05, 3.63) is 94.6 Å². The molecule has 3 aromatic carbocycles. The van der Waals surface area contributed by atoms with Crippen LogP contribution in [0.2, 0.25) is 0 Å². The number of carboxylic acids is 1. The van der Waals surface area contributed by atoms with Crippen molar-refractivity contribution in [1.29, 1.82) is 0 Å². The molecule has 0 bridgehead atoms. The van der Waals surface area contributed by atoms with Crippen molar-refractivity contribution in [3.63, 3.8) is 0 Å². The molecule has 0 radical (unpaired) electrons. The first kappa shape index (κ1) is 34.2. The number of hydrogen-bond donors (Lipinski definition) is 1. The molecular weight excluding hydrogens is 622 g/mol. The van der Waals surface area contributed by atoms with Crippen LogP contribution in [-0.4, -0.2) is 72.1 Å². The van der Waals surface area contributed by atoms with Crippen molar-refractivity contribution in [1.82, 2.24) is 9.80 Å². The van der Waals surface area contributed by atoms with E-state index in [0.717, 1.165) is 63.2 Å². The molecule has 3 aromatic rings. The van der Waals surface area contributed by atoms with E-state index in [1.54, 1.807) is 12.1 Å². The first-order chi connectivity index (χ1) is 22.9. The van der Waals surface area contributed by atoms with E-state index in [1.165, 1.54) is 17.0 Å². The summed E-state index contributed by atoms with van der Waals surface area (Å²) >= 11 is 0. The monoisotopic (exact) mass is 667 g/mol. The first-order valence-corrected chi connectivity index (χ1v) is 17.0. The zero-order valence-electron chi connectivity index (χ0n) is 27.7. The van der Waals surface area contributed by atoms with Gasteiger partial charge in [-0.2, -0.15) is 0 Å². The number of alkyl halides is 2. The highest BCUT2D eigenvalue weighted by atomic mass is 19.3. The summed E-state index contributed by atoms with van der Waals surface area (Å²) in [4.78, 5) is 16.8. The maximum Gasteiger partial charge on any atom is 0.317 e. The topological polar surface area (TPSA) is 56.3 Å². The molecule has 2 saturated heterocycles. The summed E-state index contributed by atoms with van der Waals surface area (Å²) in [5.74, 6) is -4.77. The molecule has 2 atom stereocenters. The van der Waals surface area contributed by atoms with E-state index >= 15 is 8.78 Å². The van der Waals surface area contributed by atoms with Gasteiger partial charge in [-0.25, -0.2) is 17.6 Å². The van der Waals surface area contributed by atoms with E-state index in [4.69, 9.17) is 4.74 Å². The molecule has 0 amide bonds. The van der Waals surface area contributed by atoms with Gasteiger partial charge in [0.2, 0.25) is 0 Å². The minimum absolute atomic E-state index is 0.0551. The zero-order chi connectivity index (χ0) is 34.1. The van der Waals surface area contributed by atoms with Crippen molar-refractivity contribution < 1.29 is 32.2 Å². The van der Waals surface area contributed by atoms with E-state index in [0.29, 0.717) is 43.1 Å². The summed E-state index contributed by atoms with van der Waals surface area (Å²) in [6.45, 7) is 5.24. The molecule has 6 nitrogen and oxygen atoms in total. The highest BCUT2D eigenvalue weighted by Crippen LogP contribution is 2.44. The average Bonchev–Trinajstić information content (AvgIpc) is 3.41. The van der Waals surface area contributed by atoms with Crippen LogP contribution in [0.1, 0.15) is 74.2 Å². The molecule has 1 spiro atoms. The summed E-state index contributed by atoms with van der Waals surface area (Å²) in [7, 11) is 0. The van der Waals surface area contributed by atoms with Crippen LogP contribution in [0.25, 0.3) is 0 Å². The summed E-state index contributed by atoms with van der Waals surface area (Å²) in [5.41, 5.74) is 2.74. The Balaban J connectivity index is 1.24. The highest BCUT2D eigenvalue weighted by Gasteiger charge is 2.42. The number of nitrogens with zero attached hydrogens (tertiary/aromatic N) is 3. The van der Waals surface area contributed by atoms with Crippen molar-refractivity contribution in [2.45, 2.75) is 77.0 Å². The van der Waals surface area contributed by atoms with Crippen LogP contribution in [0.3, 0.4) is 0 Å². The van der Waals surface area contributed by atoms with Gasteiger partial charge in [0.25, 0.3) is 5.92 Å². The van der Waals surface area contributed by atoms with Crippen molar-refractivity contribution in [3.8, 4) is 5.75 Å². The minimum Gasteiger partial charge on any atom is -0.489 e. The summed E-state index contributed by atoms with van der Waals surface area (Å²) < 4.78 is 67.7. The second-order valence-corrected chi connectivity index (χ2v) is 14.2. The van der Waals surface area contributed by atoms with Gasteiger partial charge in [-0.15, -0.1) is 0 Å². The Morgan fingerprint density at radius 1 is 0.979 bits per heavy atom. The summed E-state index contributed by atoms with van der Waals surface area (Å²) in [5, 5.41) is 9.21. The Kier molecular flexibility index (Phi) is 10.0. The lowest BCUT2D eigenvalue weighted by Gasteiger charge is -2.43. The van der Waals surface area contributed by atoms with Crippen LogP contribution in [0.4, 0.5) is 23.2 Å². The van der Waals surface area contributed by atoms with Gasteiger partial charge in [-0.3, -0.25) is 14.6 Å². The molecule has 0 aliphatic carbocycles. The van der Waals surface area contributed by atoms with Crippen LogP contribution < -0.4 is 9.64 Å². The van der Waals surface area contributed by atoms with E-state index in [1.807, 2.05) is 53.1 Å². The molecule has 0 aromatic heterocycles. The van der Waals surface area contributed by atoms with Crippen LogP contribution >= 0.6 is 0 Å². The number of ether oxygens (including phenoxy) is 1. The Labute approximate surface area is 280 Å². The second kappa shape index (κ2) is 14.1. The first-order valence-electron chi connectivity index (χ1n) is 17.0. The van der Waals surface area contributed by atoms with Gasteiger partial charge in [-0.05, 0) is 98.4 Å². The number of aliphatic carboxylic acids is 1. The van der Waals surface area contributed by atoms with Crippen molar-refractivity contribution in [2.24, 2.45) is 5.41 Å². The van der Waals surface area contributed by atoms with E-state index < -0.39 is 42.2 Å². The maximum absolute atomic E-state index is 16.3. The Morgan fingerprint density at radius 2 is 1.67 bits per heavy atom. The smallest absolute Gasteiger partial charge is 0.317 e. The van der Waals surface area contributed by atoms with E-state index in [-0.39, 0.29) is 17.5 Å². The van der Waals surface area contributed by atoms with E-state index in [2.05, 4.69) is 0 Å². The lowest BCUT2D eigenvalue weighted by Crippen LogP contribution is -2.48. The van der Waals surface area contributed by atoms with Crippen LogP contribution in [-0.2, 0) is 17.8 Å². The molecule has 10 heteroatoms. The van der Waals surface area contributed by atoms with Gasteiger partial charge < -0.3 is 14.7 Å². The fourth-order valence-corrected chi connectivity index (χ4v) is 8.18. The summed E-state index contributed by atoms with van der Waals surface area (Å²) in [6.07, 6.45) is 4.91. The van der Waals surface area contributed by atoms with Gasteiger partial charge >= 0.3 is 5.97 Å². The normalized spacial score (nSPS) is 21.9. The molecule has 0 saturated carbocycles. The molecule has 2 fully saturated rings. The second-order valence-electron chi connectivity index (χ2n) is 14.2. The quantitative estimate of drug-likeness (QED) is 0.236. The number of hydrogen-bond acceptors (Lipinski definition) is 5. The molecule has 6 rings (SSSR count). The highest BCUT2D eigenvalue weighted by molar-refractivity contribution is 5.69. The van der Waals surface area contributed by atoms with Crippen molar-refractivity contribution >= 4 is 11.7 Å². The number of anilines is 1. The predicted octanol–water partition coefficient (Wildman–Crippen LogP) is 7.69. The Morgan fingerprint density at radius 3 is 2.31 bits per heavy atom. The van der Waals surface area contributed by atoms with Gasteiger partial charge in [0.05, 0.1) is 19.1 Å². The van der Waals surface area contributed by atoms with Crippen molar-refractivity contribution in [2.75, 3.05) is 44.2 Å². The third-order valence-electron chi connectivity index (χ3n) is 10.4. The van der Waals surface area contributed by atoms with Gasteiger partial charge in [-0.1, -0.05) is 36.4 Å². The minimum atomic E-state index is -3.07. The van der Waals surface area contributed by atoms with Crippen LogP contribution in [0.5, 0.6) is 5.75 Å². The number of fused-ring (bicyclic) bond motifs is 1. The lowest BCUT2D eigenvalue weighted by atomic mass is 9.77. The van der Waals surface area contributed by atoms with Gasteiger partial charge in [0.15, 0.2) is 0 Å². The standard InChI is InChI=1S/C38H45F4N3O3/c1-26-18-28-19-30(48-23-27-8-4-3-5-9-27)10-11-31(28)36(45(26)24-37(2,41)42)35-32(39)20-29(21-33(35)40)44-15-6-12-38(13-7-16-44)14-17-43(25-38)22-34(46)47/h3-5,8-11,19-21,26,36H,6-7,12-18,22-25H2,1-2H3,(H,46,47)/t26-,36?/m1/s1. The summed E-state index contributed by atoms with van der Waals surface area (Å²) in [6, 6.07) is 16.4. The third-order valence-corrected chi connectivity index (χ3v) is 10.4. The van der Waals surface area contributed by atoms with Gasteiger partial charge in [0, 0.05) is 43.9 Å². The number of carboxylic acid groups (broad SMARTS) is 1. The molecule has 1 unspecified atom stereocenters.